The Hall–Kier alpha value is -0.960. The summed E-state index contributed by atoms with van der Waals surface area (Å²) >= 11 is 1.91. The first kappa shape index (κ1) is 10.6. The summed E-state index contributed by atoms with van der Waals surface area (Å²) < 4.78 is 0. The number of carbonyl (C=O) groups excluding carboxylic acids is 1. The van der Waals surface area contributed by atoms with Crippen LogP contribution in [0.3, 0.4) is 0 Å². The molecule has 1 aliphatic heterocycles. The van der Waals surface area contributed by atoms with Gasteiger partial charge in [-0.15, -0.1) is 0 Å². The number of thioether (sulfide) groups is 1. The molecule has 2 rings (SSSR count). The highest BCUT2D eigenvalue weighted by molar-refractivity contribution is 7.99. The second-order valence-electron chi connectivity index (χ2n) is 3.60. The zero-order valence-electron chi connectivity index (χ0n) is 8.61. The molecule has 1 radical (unpaired) electrons. The quantitative estimate of drug-likeness (QED) is 0.722. The summed E-state index contributed by atoms with van der Waals surface area (Å²) in [6.45, 7) is 5.55. The maximum absolute atomic E-state index is 12.0. The van der Waals surface area contributed by atoms with E-state index in [2.05, 4.69) is 6.92 Å². The van der Waals surface area contributed by atoms with Crippen LogP contribution in [0.4, 0.5) is 0 Å². The van der Waals surface area contributed by atoms with Gasteiger partial charge in [0, 0.05) is 30.2 Å². The molecule has 0 saturated carbocycles. The maximum atomic E-state index is 12.0. The fourth-order valence-corrected chi connectivity index (χ4v) is 2.50. The lowest BCUT2D eigenvalue weighted by Gasteiger charge is -2.26. The average Bonchev–Trinajstić information content (AvgIpc) is 2.30. The molecular weight excluding hydrogens is 206 g/mol. The van der Waals surface area contributed by atoms with Gasteiger partial charge in [0.2, 0.25) is 0 Å². The summed E-state index contributed by atoms with van der Waals surface area (Å²) in [5, 5.41) is 0. The molecule has 1 amide bonds. The fraction of sp³-hybridized carbons (Fsp3) is 0.333. The van der Waals surface area contributed by atoms with Gasteiger partial charge in [0.15, 0.2) is 0 Å². The Kier molecular flexibility index (Phi) is 3.31. The molecule has 79 valence electrons. The summed E-state index contributed by atoms with van der Waals surface area (Å²) in [6, 6.07) is 7.47. The van der Waals surface area contributed by atoms with E-state index >= 15 is 0 Å². The van der Waals surface area contributed by atoms with Gasteiger partial charge in [-0.05, 0) is 24.6 Å². The van der Waals surface area contributed by atoms with E-state index in [1.165, 1.54) is 0 Å². The Balaban J connectivity index is 2.09. The molecule has 0 atom stereocenters. The minimum Gasteiger partial charge on any atom is -0.337 e. The van der Waals surface area contributed by atoms with E-state index in [-0.39, 0.29) is 5.91 Å². The van der Waals surface area contributed by atoms with Crippen molar-refractivity contribution in [3.63, 3.8) is 0 Å². The van der Waals surface area contributed by atoms with Crippen molar-refractivity contribution >= 4 is 17.7 Å². The minimum absolute atomic E-state index is 0.148. The van der Waals surface area contributed by atoms with Crippen LogP contribution in [0.1, 0.15) is 15.9 Å². The standard InChI is InChI=1S/C12H14NOS/c1-10-2-4-11(5-3-10)12(14)13-6-8-15-9-7-13/h2-5H,1,6-9H2. The highest BCUT2D eigenvalue weighted by Crippen LogP contribution is 2.13. The first-order valence-electron chi connectivity index (χ1n) is 5.06. The Morgan fingerprint density at radius 2 is 1.80 bits per heavy atom. The number of carbonyl (C=O) groups is 1. The number of hydrogen-bond acceptors (Lipinski definition) is 2. The van der Waals surface area contributed by atoms with Gasteiger partial charge in [0.25, 0.3) is 5.91 Å². The molecule has 0 unspecified atom stereocenters. The molecule has 0 aromatic heterocycles. The second kappa shape index (κ2) is 4.71. The SMILES string of the molecule is [CH2]c1ccc(C(=O)N2CCSCC2)cc1. The van der Waals surface area contributed by atoms with Crippen LogP contribution < -0.4 is 0 Å². The van der Waals surface area contributed by atoms with E-state index in [0.717, 1.165) is 35.7 Å². The number of amides is 1. The van der Waals surface area contributed by atoms with Gasteiger partial charge in [-0.3, -0.25) is 4.79 Å². The van der Waals surface area contributed by atoms with Crippen LogP contribution in [0.15, 0.2) is 24.3 Å². The highest BCUT2D eigenvalue weighted by atomic mass is 32.2. The van der Waals surface area contributed by atoms with E-state index in [9.17, 15) is 4.79 Å². The minimum atomic E-state index is 0.148. The fourth-order valence-electron chi connectivity index (χ4n) is 1.60. The van der Waals surface area contributed by atoms with Gasteiger partial charge in [-0.2, -0.15) is 11.8 Å². The molecule has 3 heteroatoms. The Morgan fingerprint density at radius 3 is 2.40 bits per heavy atom. The van der Waals surface area contributed by atoms with Gasteiger partial charge in [-0.25, -0.2) is 0 Å². The summed E-state index contributed by atoms with van der Waals surface area (Å²) in [5.74, 6) is 2.26. The van der Waals surface area contributed by atoms with Crippen LogP contribution in [-0.4, -0.2) is 35.4 Å². The van der Waals surface area contributed by atoms with E-state index in [1.54, 1.807) is 0 Å². The molecular formula is C12H14NOS. The number of hydrogen-bond donors (Lipinski definition) is 0. The third-order valence-electron chi connectivity index (χ3n) is 2.50. The molecule has 2 nitrogen and oxygen atoms in total. The van der Waals surface area contributed by atoms with Crippen LogP contribution in [0, 0.1) is 6.92 Å². The lowest BCUT2D eigenvalue weighted by molar-refractivity contribution is 0.0772. The maximum Gasteiger partial charge on any atom is 0.253 e. The molecule has 0 aliphatic carbocycles. The van der Waals surface area contributed by atoms with Crippen molar-refractivity contribution in [2.75, 3.05) is 24.6 Å². The van der Waals surface area contributed by atoms with Gasteiger partial charge in [-0.1, -0.05) is 12.1 Å². The van der Waals surface area contributed by atoms with Crippen LogP contribution in [0.5, 0.6) is 0 Å². The third kappa shape index (κ3) is 2.53. The summed E-state index contributed by atoms with van der Waals surface area (Å²) in [5.41, 5.74) is 1.72. The predicted molar refractivity (Wildman–Crippen MR) is 64.1 cm³/mol. The normalized spacial score (nSPS) is 16.5. The van der Waals surface area contributed by atoms with Gasteiger partial charge >= 0.3 is 0 Å². The lowest BCUT2D eigenvalue weighted by atomic mass is 10.1. The third-order valence-corrected chi connectivity index (χ3v) is 3.44. The average molecular weight is 220 g/mol. The Bertz CT molecular complexity index is 341. The first-order chi connectivity index (χ1) is 7.27. The van der Waals surface area contributed by atoms with Crippen molar-refractivity contribution in [3.8, 4) is 0 Å². The highest BCUT2D eigenvalue weighted by Gasteiger charge is 2.17. The molecule has 1 fully saturated rings. The van der Waals surface area contributed by atoms with Crippen LogP contribution in [0.25, 0.3) is 0 Å². The molecule has 1 aromatic carbocycles. The van der Waals surface area contributed by atoms with Crippen molar-refractivity contribution in [2.24, 2.45) is 0 Å². The Morgan fingerprint density at radius 1 is 1.20 bits per heavy atom. The summed E-state index contributed by atoms with van der Waals surface area (Å²) in [7, 11) is 0. The molecule has 15 heavy (non-hydrogen) atoms. The number of benzene rings is 1. The molecule has 1 aromatic rings. The van der Waals surface area contributed by atoms with E-state index in [1.807, 2.05) is 40.9 Å². The summed E-state index contributed by atoms with van der Waals surface area (Å²) in [6.07, 6.45) is 0. The largest absolute Gasteiger partial charge is 0.337 e. The van der Waals surface area contributed by atoms with E-state index < -0.39 is 0 Å². The molecule has 1 heterocycles. The van der Waals surface area contributed by atoms with Crippen molar-refractivity contribution in [2.45, 2.75) is 0 Å². The van der Waals surface area contributed by atoms with Crippen LogP contribution >= 0.6 is 11.8 Å². The number of rotatable bonds is 1. The first-order valence-corrected chi connectivity index (χ1v) is 6.22. The zero-order chi connectivity index (χ0) is 10.7. The topological polar surface area (TPSA) is 20.3 Å². The molecule has 0 bridgehead atoms. The van der Waals surface area contributed by atoms with Crippen molar-refractivity contribution in [1.29, 1.82) is 0 Å². The zero-order valence-corrected chi connectivity index (χ0v) is 9.43. The van der Waals surface area contributed by atoms with Crippen molar-refractivity contribution in [3.05, 3.63) is 42.3 Å². The monoisotopic (exact) mass is 220 g/mol. The smallest absolute Gasteiger partial charge is 0.253 e. The van der Waals surface area contributed by atoms with Gasteiger partial charge in [0.05, 0.1) is 0 Å². The summed E-state index contributed by atoms with van der Waals surface area (Å²) in [4.78, 5) is 13.9. The number of nitrogens with zero attached hydrogens (tertiary/aromatic N) is 1. The van der Waals surface area contributed by atoms with Crippen molar-refractivity contribution in [1.82, 2.24) is 4.90 Å². The van der Waals surface area contributed by atoms with Gasteiger partial charge in [0.1, 0.15) is 0 Å². The van der Waals surface area contributed by atoms with Crippen molar-refractivity contribution < 1.29 is 4.79 Å². The second-order valence-corrected chi connectivity index (χ2v) is 4.83. The van der Waals surface area contributed by atoms with E-state index in [4.69, 9.17) is 0 Å². The molecule has 0 spiro atoms. The predicted octanol–water partition coefficient (Wildman–Crippen LogP) is 2.06. The van der Waals surface area contributed by atoms with Gasteiger partial charge < -0.3 is 4.90 Å². The lowest BCUT2D eigenvalue weighted by Crippen LogP contribution is -2.37. The Labute approximate surface area is 94.7 Å². The molecule has 1 saturated heterocycles. The van der Waals surface area contributed by atoms with Crippen LogP contribution in [0.2, 0.25) is 0 Å². The molecule has 1 aliphatic rings. The molecule has 0 N–H and O–H groups in total. The van der Waals surface area contributed by atoms with E-state index in [0.29, 0.717) is 0 Å². The van der Waals surface area contributed by atoms with Crippen LogP contribution in [-0.2, 0) is 0 Å².